The van der Waals surface area contributed by atoms with Crippen LogP contribution in [0.25, 0.3) is 20.7 Å². The number of hydrogen-bond donors (Lipinski definition) is 2. The quantitative estimate of drug-likeness (QED) is 0.472. The van der Waals surface area contributed by atoms with Crippen LogP contribution in [0.5, 0.6) is 11.5 Å². The first-order valence-corrected chi connectivity index (χ1v) is 10.4. The minimum Gasteiger partial charge on any atom is -0.497 e. The molecule has 158 valence electrons. The van der Waals surface area contributed by atoms with Crippen LogP contribution in [0.2, 0.25) is 0 Å². The van der Waals surface area contributed by atoms with Gasteiger partial charge >= 0.3 is 0 Å². The van der Waals surface area contributed by atoms with Gasteiger partial charge in [0.1, 0.15) is 11.5 Å². The van der Waals surface area contributed by atoms with E-state index in [0.29, 0.717) is 23.6 Å². The van der Waals surface area contributed by atoms with Gasteiger partial charge in [0.05, 0.1) is 30.4 Å². The summed E-state index contributed by atoms with van der Waals surface area (Å²) < 4.78 is 11.7. The van der Waals surface area contributed by atoms with Gasteiger partial charge in [-0.25, -0.2) is 9.97 Å². The number of hydrogen-bond acceptors (Lipinski definition) is 7. The van der Waals surface area contributed by atoms with Crippen LogP contribution in [-0.4, -0.2) is 30.1 Å². The summed E-state index contributed by atoms with van der Waals surface area (Å²) in [6, 6.07) is 13.2. The molecule has 2 aromatic heterocycles. The van der Waals surface area contributed by atoms with Gasteiger partial charge in [-0.05, 0) is 59.8 Å². The summed E-state index contributed by atoms with van der Waals surface area (Å²) in [5.74, 6) is 1.12. The molecule has 0 spiro atoms. The number of benzene rings is 2. The van der Waals surface area contributed by atoms with Crippen LogP contribution in [-0.2, 0) is 6.54 Å². The predicted octanol–water partition coefficient (Wildman–Crippen LogP) is 4.20. The zero-order valence-electron chi connectivity index (χ0n) is 17.4. The maximum Gasteiger partial charge on any atom is 0.255 e. The second kappa shape index (κ2) is 8.61. The van der Waals surface area contributed by atoms with Crippen molar-refractivity contribution in [1.29, 1.82) is 0 Å². The van der Waals surface area contributed by atoms with Gasteiger partial charge in [-0.1, -0.05) is 6.07 Å². The third-order valence-corrected chi connectivity index (χ3v) is 6.31. The number of anilines is 1. The highest BCUT2D eigenvalue weighted by molar-refractivity contribution is 7.22. The Morgan fingerprint density at radius 2 is 1.97 bits per heavy atom. The van der Waals surface area contributed by atoms with Crippen LogP contribution in [0.1, 0.15) is 21.5 Å². The van der Waals surface area contributed by atoms with E-state index >= 15 is 0 Å². The van der Waals surface area contributed by atoms with E-state index in [-0.39, 0.29) is 11.9 Å². The molecule has 7 nitrogen and oxygen atoms in total. The average molecular weight is 435 g/mol. The predicted molar refractivity (Wildman–Crippen MR) is 123 cm³/mol. The van der Waals surface area contributed by atoms with Crippen molar-refractivity contribution >= 4 is 33.3 Å². The number of nitrogen functional groups attached to an aromatic ring is 1. The van der Waals surface area contributed by atoms with Crippen molar-refractivity contribution in [2.75, 3.05) is 20.0 Å². The largest absolute Gasteiger partial charge is 0.497 e. The first-order valence-electron chi connectivity index (χ1n) is 9.61. The van der Waals surface area contributed by atoms with E-state index < -0.39 is 0 Å². The van der Waals surface area contributed by atoms with E-state index in [9.17, 15) is 4.79 Å². The van der Waals surface area contributed by atoms with E-state index in [1.165, 1.54) is 7.11 Å². The molecular weight excluding hydrogens is 412 g/mol. The SMILES string of the molecule is COc1ccc(OC)c(C(=O)NCc2ccc3sc(-c4ccnc(N)n4)c(C)c3c2)c1. The minimum atomic E-state index is -0.227. The number of rotatable bonds is 6. The number of ether oxygens (including phenoxy) is 2. The Bertz CT molecular complexity index is 1270. The van der Waals surface area contributed by atoms with Crippen LogP contribution in [0.3, 0.4) is 0 Å². The van der Waals surface area contributed by atoms with Gasteiger partial charge < -0.3 is 20.5 Å². The smallest absolute Gasteiger partial charge is 0.255 e. The molecule has 0 aliphatic heterocycles. The third-order valence-electron chi connectivity index (χ3n) is 5.01. The zero-order chi connectivity index (χ0) is 22.0. The molecule has 8 heteroatoms. The maximum absolute atomic E-state index is 12.7. The molecule has 0 atom stereocenters. The van der Waals surface area contributed by atoms with Gasteiger partial charge in [-0.3, -0.25) is 4.79 Å². The molecule has 0 aliphatic rings. The van der Waals surface area contributed by atoms with Gasteiger partial charge in [0.15, 0.2) is 0 Å². The summed E-state index contributed by atoms with van der Waals surface area (Å²) in [6.45, 7) is 2.45. The Kier molecular flexibility index (Phi) is 5.73. The van der Waals surface area contributed by atoms with Gasteiger partial charge in [0, 0.05) is 17.4 Å². The Balaban J connectivity index is 1.57. The van der Waals surface area contributed by atoms with Crippen molar-refractivity contribution in [2.45, 2.75) is 13.5 Å². The summed E-state index contributed by atoms with van der Waals surface area (Å²) in [7, 11) is 3.10. The molecule has 1 amide bonds. The average Bonchev–Trinajstić information content (AvgIpc) is 3.13. The number of fused-ring (bicyclic) bond motifs is 1. The number of carbonyl (C=O) groups excluding carboxylic acids is 1. The number of aromatic nitrogens is 2. The highest BCUT2D eigenvalue weighted by Crippen LogP contribution is 2.37. The molecule has 2 aromatic carbocycles. The molecule has 0 radical (unpaired) electrons. The lowest BCUT2D eigenvalue weighted by molar-refractivity contribution is 0.0947. The molecule has 0 saturated carbocycles. The van der Waals surface area contributed by atoms with Crippen LogP contribution < -0.4 is 20.5 Å². The third kappa shape index (κ3) is 4.15. The number of methoxy groups -OCH3 is 2. The molecule has 0 aliphatic carbocycles. The number of thiophene rings is 1. The van der Waals surface area contributed by atoms with Gasteiger partial charge in [0.25, 0.3) is 5.91 Å². The van der Waals surface area contributed by atoms with Crippen LogP contribution >= 0.6 is 11.3 Å². The summed E-state index contributed by atoms with van der Waals surface area (Å²) in [6.07, 6.45) is 1.66. The Hall–Kier alpha value is -3.65. The molecule has 0 fully saturated rings. The number of nitrogens with zero attached hydrogens (tertiary/aromatic N) is 2. The van der Waals surface area contributed by atoms with E-state index in [0.717, 1.165) is 31.8 Å². The monoisotopic (exact) mass is 434 g/mol. The summed E-state index contributed by atoms with van der Waals surface area (Å²) in [5, 5.41) is 4.09. The van der Waals surface area contributed by atoms with E-state index in [1.807, 2.05) is 12.1 Å². The van der Waals surface area contributed by atoms with E-state index in [2.05, 4.69) is 34.3 Å². The fourth-order valence-electron chi connectivity index (χ4n) is 3.39. The number of nitrogens with two attached hydrogens (primary N) is 1. The molecule has 2 heterocycles. The van der Waals surface area contributed by atoms with Crippen LogP contribution in [0.15, 0.2) is 48.7 Å². The van der Waals surface area contributed by atoms with Crippen LogP contribution in [0.4, 0.5) is 5.95 Å². The molecule has 0 bridgehead atoms. The number of amides is 1. The van der Waals surface area contributed by atoms with Gasteiger partial charge in [0.2, 0.25) is 5.95 Å². The summed E-state index contributed by atoms with van der Waals surface area (Å²) >= 11 is 1.66. The summed E-state index contributed by atoms with van der Waals surface area (Å²) in [4.78, 5) is 22.1. The number of carbonyl (C=O) groups is 1. The molecule has 31 heavy (non-hydrogen) atoms. The van der Waals surface area contributed by atoms with Crippen LogP contribution in [0, 0.1) is 6.92 Å². The highest BCUT2D eigenvalue weighted by atomic mass is 32.1. The molecule has 3 N–H and O–H groups in total. The molecule has 4 aromatic rings. The lowest BCUT2D eigenvalue weighted by Gasteiger charge is -2.11. The minimum absolute atomic E-state index is 0.227. The van der Waals surface area contributed by atoms with Crippen molar-refractivity contribution in [3.8, 4) is 22.1 Å². The Labute approximate surface area is 183 Å². The Morgan fingerprint density at radius 1 is 1.13 bits per heavy atom. The molecule has 0 saturated heterocycles. The Morgan fingerprint density at radius 3 is 2.71 bits per heavy atom. The van der Waals surface area contributed by atoms with Crippen molar-refractivity contribution in [1.82, 2.24) is 15.3 Å². The zero-order valence-corrected chi connectivity index (χ0v) is 18.2. The topological polar surface area (TPSA) is 99.4 Å². The first-order chi connectivity index (χ1) is 15.0. The summed E-state index contributed by atoms with van der Waals surface area (Å²) in [5.41, 5.74) is 9.11. The second-order valence-electron chi connectivity index (χ2n) is 6.94. The first kappa shape index (κ1) is 20.6. The molecular formula is C23H22N4O3S. The van der Waals surface area contributed by atoms with Crippen molar-refractivity contribution in [2.24, 2.45) is 0 Å². The molecule has 4 rings (SSSR count). The van der Waals surface area contributed by atoms with Crippen molar-refractivity contribution in [3.05, 3.63) is 65.4 Å². The highest BCUT2D eigenvalue weighted by Gasteiger charge is 2.15. The lowest BCUT2D eigenvalue weighted by atomic mass is 10.1. The number of nitrogens with one attached hydrogen (secondary N) is 1. The van der Waals surface area contributed by atoms with Gasteiger partial charge in [-0.15, -0.1) is 11.3 Å². The second-order valence-corrected chi connectivity index (χ2v) is 7.99. The molecule has 0 unspecified atom stereocenters. The standard InChI is InChI=1S/C23H22N4O3S/c1-13-16-10-14(4-7-20(16)31-21(13)18-8-9-25-23(24)27-18)12-26-22(28)17-11-15(29-2)5-6-19(17)30-3/h4-11H,12H2,1-3H3,(H,26,28)(H2,24,25,27). The van der Waals surface area contributed by atoms with Gasteiger partial charge in [-0.2, -0.15) is 0 Å². The van der Waals surface area contributed by atoms with Crippen molar-refractivity contribution < 1.29 is 14.3 Å². The van der Waals surface area contributed by atoms with E-state index in [4.69, 9.17) is 15.2 Å². The lowest BCUT2D eigenvalue weighted by Crippen LogP contribution is -2.23. The van der Waals surface area contributed by atoms with Crippen molar-refractivity contribution in [3.63, 3.8) is 0 Å². The fourth-order valence-corrected chi connectivity index (χ4v) is 4.55. The maximum atomic E-state index is 12.7. The normalized spacial score (nSPS) is 10.8. The fraction of sp³-hybridized carbons (Fsp3) is 0.174. The van der Waals surface area contributed by atoms with E-state index in [1.54, 1.807) is 42.8 Å². The number of aryl methyl sites for hydroxylation is 1.